The molecule has 1 amide bonds. The molecule has 1 aliphatic rings. The van der Waals surface area contributed by atoms with Crippen molar-refractivity contribution in [2.75, 3.05) is 13.1 Å². The quantitative estimate of drug-likeness (QED) is 0.682. The summed E-state index contributed by atoms with van der Waals surface area (Å²) < 4.78 is 2.10. The van der Waals surface area contributed by atoms with Gasteiger partial charge in [0.25, 0.3) is 5.91 Å². The second-order valence-corrected chi connectivity index (χ2v) is 7.78. The highest BCUT2D eigenvalue weighted by Gasteiger charge is 2.27. The number of aromatic nitrogens is 2. The van der Waals surface area contributed by atoms with Crippen LogP contribution in [0.4, 0.5) is 0 Å². The van der Waals surface area contributed by atoms with E-state index in [0.29, 0.717) is 5.92 Å². The molecule has 0 saturated carbocycles. The average Bonchev–Trinajstić information content (AvgIpc) is 3.16. The number of rotatable bonds is 4. The molecular weight excluding hydrogens is 346 g/mol. The molecule has 0 atom stereocenters. The van der Waals surface area contributed by atoms with Gasteiger partial charge in [-0.3, -0.25) is 4.79 Å². The Hall–Kier alpha value is -2.88. The summed E-state index contributed by atoms with van der Waals surface area (Å²) in [6.07, 6.45) is 6.57. The largest absolute Gasteiger partial charge is 0.339 e. The summed E-state index contributed by atoms with van der Waals surface area (Å²) >= 11 is 0. The van der Waals surface area contributed by atoms with Crippen molar-refractivity contribution in [2.24, 2.45) is 7.05 Å². The molecule has 1 aliphatic heterocycles. The molecule has 1 aromatic heterocycles. The smallest absolute Gasteiger partial charge is 0.254 e. The van der Waals surface area contributed by atoms with Gasteiger partial charge in [-0.2, -0.15) is 0 Å². The first-order chi connectivity index (χ1) is 13.6. The first-order valence-corrected chi connectivity index (χ1v) is 10.0. The van der Waals surface area contributed by atoms with Crippen molar-refractivity contribution in [3.63, 3.8) is 0 Å². The Bertz CT molecular complexity index is 950. The zero-order valence-corrected chi connectivity index (χ0v) is 16.6. The van der Waals surface area contributed by atoms with Gasteiger partial charge >= 0.3 is 0 Å². The van der Waals surface area contributed by atoms with Crippen molar-refractivity contribution in [3.05, 3.63) is 89.0 Å². The van der Waals surface area contributed by atoms with Gasteiger partial charge in [-0.15, -0.1) is 0 Å². The summed E-state index contributed by atoms with van der Waals surface area (Å²) in [5.74, 6) is 1.72. The van der Waals surface area contributed by atoms with E-state index >= 15 is 0 Å². The van der Waals surface area contributed by atoms with Crippen molar-refractivity contribution >= 4 is 5.91 Å². The molecule has 4 rings (SSSR count). The maximum Gasteiger partial charge on any atom is 0.254 e. The molecule has 4 nitrogen and oxygen atoms in total. The Kier molecular flexibility index (Phi) is 5.29. The zero-order chi connectivity index (χ0) is 19.5. The van der Waals surface area contributed by atoms with Crippen molar-refractivity contribution in [1.82, 2.24) is 14.5 Å². The van der Waals surface area contributed by atoms with Gasteiger partial charge in [-0.1, -0.05) is 48.0 Å². The van der Waals surface area contributed by atoms with Crippen molar-refractivity contribution in [1.29, 1.82) is 0 Å². The van der Waals surface area contributed by atoms with Crippen LogP contribution in [0.5, 0.6) is 0 Å². The highest BCUT2D eigenvalue weighted by molar-refractivity contribution is 5.95. The molecule has 4 heteroatoms. The van der Waals surface area contributed by atoms with Crippen molar-refractivity contribution in [3.8, 4) is 0 Å². The van der Waals surface area contributed by atoms with Crippen molar-refractivity contribution < 1.29 is 4.79 Å². The number of nitrogens with zero attached hydrogens (tertiary/aromatic N) is 3. The second kappa shape index (κ2) is 8.01. The summed E-state index contributed by atoms with van der Waals surface area (Å²) in [5.41, 5.74) is 4.42. The lowest BCUT2D eigenvalue weighted by atomic mass is 9.94. The normalized spacial score (nSPS) is 15.0. The molecule has 28 heavy (non-hydrogen) atoms. The standard InChI is InChI=1S/C24H27N3O/c1-18-7-9-19(10-8-18)17-21-5-3-4-6-22(21)24(28)27-14-11-20(12-15-27)23-25-13-16-26(23)2/h3-10,13,16,20H,11-12,14-15,17H2,1-2H3. The number of piperidine rings is 1. The molecule has 0 N–H and O–H groups in total. The summed E-state index contributed by atoms with van der Waals surface area (Å²) in [6, 6.07) is 16.6. The summed E-state index contributed by atoms with van der Waals surface area (Å²) in [7, 11) is 2.04. The number of benzene rings is 2. The SMILES string of the molecule is Cc1ccc(Cc2ccccc2C(=O)N2CCC(c3nccn3C)CC2)cc1. The van der Waals surface area contributed by atoms with Gasteiger partial charge in [-0.25, -0.2) is 4.98 Å². The molecule has 0 aliphatic carbocycles. The van der Waals surface area contributed by atoms with Gasteiger partial charge in [0.2, 0.25) is 0 Å². The Labute approximate surface area is 166 Å². The highest BCUT2D eigenvalue weighted by atomic mass is 16.2. The van der Waals surface area contributed by atoms with Crippen LogP contribution in [0.1, 0.15) is 51.6 Å². The van der Waals surface area contributed by atoms with Gasteiger partial charge in [0.15, 0.2) is 0 Å². The molecular formula is C24H27N3O. The number of carbonyl (C=O) groups is 1. The van der Waals surface area contributed by atoms with Crippen LogP contribution in [0.2, 0.25) is 0 Å². The lowest BCUT2D eigenvalue weighted by molar-refractivity contribution is 0.0709. The Balaban J connectivity index is 1.47. The van der Waals surface area contributed by atoms with Gasteiger partial charge in [-0.05, 0) is 43.4 Å². The third-order valence-electron chi connectivity index (χ3n) is 5.77. The zero-order valence-electron chi connectivity index (χ0n) is 16.6. The second-order valence-electron chi connectivity index (χ2n) is 7.78. The molecule has 0 unspecified atom stereocenters. The van der Waals surface area contributed by atoms with Crippen LogP contribution in [-0.2, 0) is 13.5 Å². The molecule has 0 radical (unpaired) electrons. The minimum absolute atomic E-state index is 0.154. The number of hydrogen-bond acceptors (Lipinski definition) is 2. The minimum Gasteiger partial charge on any atom is -0.339 e. The summed E-state index contributed by atoms with van der Waals surface area (Å²) in [4.78, 5) is 19.7. The first kappa shape index (κ1) is 18.5. The van der Waals surface area contributed by atoms with Crippen LogP contribution in [0, 0.1) is 6.92 Å². The number of hydrogen-bond donors (Lipinski definition) is 0. The van der Waals surface area contributed by atoms with E-state index in [-0.39, 0.29) is 5.91 Å². The third-order valence-corrected chi connectivity index (χ3v) is 5.77. The van der Waals surface area contributed by atoms with E-state index in [0.717, 1.165) is 49.3 Å². The maximum atomic E-state index is 13.2. The van der Waals surface area contributed by atoms with Gasteiger partial charge in [0.1, 0.15) is 5.82 Å². The first-order valence-electron chi connectivity index (χ1n) is 10.0. The number of likely N-dealkylation sites (tertiary alicyclic amines) is 1. The summed E-state index contributed by atoms with van der Waals surface area (Å²) in [6.45, 7) is 3.67. The Morgan fingerprint density at radius 2 is 1.79 bits per heavy atom. The van der Waals surface area contributed by atoms with Crippen LogP contribution in [-0.4, -0.2) is 33.4 Å². The van der Waals surface area contributed by atoms with E-state index in [1.165, 1.54) is 11.1 Å². The van der Waals surface area contributed by atoms with E-state index in [1.807, 2.05) is 42.5 Å². The minimum atomic E-state index is 0.154. The molecule has 0 bridgehead atoms. The lowest BCUT2D eigenvalue weighted by Gasteiger charge is -2.32. The van der Waals surface area contributed by atoms with E-state index in [2.05, 4.69) is 46.8 Å². The monoisotopic (exact) mass is 373 g/mol. The van der Waals surface area contributed by atoms with Gasteiger partial charge in [0, 0.05) is 44.0 Å². The molecule has 144 valence electrons. The predicted octanol–water partition coefficient (Wildman–Crippen LogP) is 4.34. The average molecular weight is 374 g/mol. The maximum absolute atomic E-state index is 13.2. The Morgan fingerprint density at radius 3 is 2.46 bits per heavy atom. The fraction of sp³-hybridized carbons (Fsp3) is 0.333. The van der Waals surface area contributed by atoms with E-state index < -0.39 is 0 Å². The lowest BCUT2D eigenvalue weighted by Crippen LogP contribution is -2.38. The van der Waals surface area contributed by atoms with Crippen LogP contribution < -0.4 is 0 Å². The number of aryl methyl sites for hydroxylation is 2. The molecule has 3 aromatic rings. The molecule has 0 spiro atoms. The van der Waals surface area contributed by atoms with E-state index in [4.69, 9.17) is 0 Å². The number of imidazole rings is 1. The topological polar surface area (TPSA) is 38.1 Å². The van der Waals surface area contributed by atoms with E-state index in [9.17, 15) is 4.79 Å². The fourth-order valence-corrected chi connectivity index (χ4v) is 4.09. The van der Waals surface area contributed by atoms with Crippen LogP contribution in [0.3, 0.4) is 0 Å². The van der Waals surface area contributed by atoms with Gasteiger partial charge in [0.05, 0.1) is 0 Å². The molecule has 1 saturated heterocycles. The molecule has 2 aromatic carbocycles. The fourth-order valence-electron chi connectivity index (χ4n) is 4.09. The van der Waals surface area contributed by atoms with Crippen molar-refractivity contribution in [2.45, 2.75) is 32.1 Å². The van der Waals surface area contributed by atoms with Crippen LogP contribution in [0.25, 0.3) is 0 Å². The summed E-state index contributed by atoms with van der Waals surface area (Å²) in [5, 5.41) is 0. The van der Waals surface area contributed by atoms with E-state index in [1.54, 1.807) is 0 Å². The molecule has 1 fully saturated rings. The predicted molar refractivity (Wildman–Crippen MR) is 112 cm³/mol. The molecule has 2 heterocycles. The third kappa shape index (κ3) is 3.86. The Morgan fingerprint density at radius 1 is 1.07 bits per heavy atom. The number of carbonyl (C=O) groups excluding carboxylic acids is 1. The highest BCUT2D eigenvalue weighted by Crippen LogP contribution is 2.28. The number of amides is 1. The van der Waals surface area contributed by atoms with Crippen LogP contribution in [0.15, 0.2) is 60.9 Å². The van der Waals surface area contributed by atoms with Gasteiger partial charge < -0.3 is 9.47 Å². The van der Waals surface area contributed by atoms with Crippen LogP contribution >= 0.6 is 0 Å².